The van der Waals surface area contributed by atoms with E-state index in [1.807, 2.05) is 0 Å². The predicted molar refractivity (Wildman–Crippen MR) is 109 cm³/mol. The number of halogens is 1. The van der Waals surface area contributed by atoms with Crippen LogP contribution in [0, 0.1) is 5.82 Å². The van der Waals surface area contributed by atoms with Gasteiger partial charge in [-0.25, -0.2) is 17.5 Å². The quantitative estimate of drug-likeness (QED) is 0.650. The summed E-state index contributed by atoms with van der Waals surface area (Å²) in [7, 11) is -3.46. The minimum absolute atomic E-state index is 0.0477. The number of ether oxygens (including phenoxy) is 1. The van der Waals surface area contributed by atoms with Gasteiger partial charge in [0.05, 0.1) is 28.5 Å². The van der Waals surface area contributed by atoms with Gasteiger partial charge in [0.15, 0.2) is 9.84 Å². The number of hydrogen-bond acceptors (Lipinski definition) is 5. The highest BCUT2D eigenvalue weighted by molar-refractivity contribution is 7.91. The number of rotatable bonds is 6. The van der Waals surface area contributed by atoms with Crippen molar-refractivity contribution in [3.05, 3.63) is 72.3 Å². The summed E-state index contributed by atoms with van der Waals surface area (Å²) < 4.78 is 45.6. The Morgan fingerprint density at radius 3 is 2.67 bits per heavy atom. The summed E-state index contributed by atoms with van der Waals surface area (Å²) in [5.74, 6) is -0.937. The highest BCUT2D eigenvalue weighted by Gasteiger charge is 2.24. The van der Waals surface area contributed by atoms with Crippen LogP contribution in [-0.2, 0) is 14.6 Å². The van der Waals surface area contributed by atoms with E-state index in [-0.39, 0.29) is 28.0 Å². The van der Waals surface area contributed by atoms with Crippen LogP contribution in [0.2, 0.25) is 0 Å². The van der Waals surface area contributed by atoms with E-state index in [2.05, 4.69) is 10.4 Å². The van der Waals surface area contributed by atoms with E-state index in [0.29, 0.717) is 12.3 Å². The summed E-state index contributed by atoms with van der Waals surface area (Å²) in [6.07, 6.45) is 4.11. The fourth-order valence-corrected chi connectivity index (χ4v) is 4.77. The number of benzene rings is 2. The molecule has 2 heterocycles. The first-order chi connectivity index (χ1) is 14.4. The van der Waals surface area contributed by atoms with E-state index in [1.54, 1.807) is 18.2 Å². The molecule has 1 unspecified atom stereocenters. The van der Waals surface area contributed by atoms with Crippen molar-refractivity contribution in [3.8, 4) is 5.69 Å². The van der Waals surface area contributed by atoms with Crippen LogP contribution in [0.1, 0.15) is 23.2 Å². The van der Waals surface area contributed by atoms with Gasteiger partial charge < -0.3 is 10.1 Å². The Balaban J connectivity index is 1.43. The van der Waals surface area contributed by atoms with Crippen molar-refractivity contribution >= 4 is 21.4 Å². The summed E-state index contributed by atoms with van der Waals surface area (Å²) in [6.45, 7) is 0.596. The number of para-hydroxylation sites is 1. The lowest BCUT2D eigenvalue weighted by Crippen LogP contribution is -2.20. The number of carbonyl (C=O) groups excluding carboxylic acids is 1. The first-order valence-corrected chi connectivity index (χ1v) is 11.1. The molecule has 4 rings (SSSR count). The van der Waals surface area contributed by atoms with Crippen LogP contribution in [-0.4, -0.2) is 42.6 Å². The third-order valence-corrected chi connectivity index (χ3v) is 6.65. The van der Waals surface area contributed by atoms with Gasteiger partial charge >= 0.3 is 0 Å². The highest BCUT2D eigenvalue weighted by Crippen LogP contribution is 2.21. The van der Waals surface area contributed by atoms with E-state index in [1.165, 1.54) is 47.4 Å². The second kappa shape index (κ2) is 8.37. The summed E-state index contributed by atoms with van der Waals surface area (Å²) in [6, 6.07) is 12.1. The molecular formula is C21H20FN3O4S. The molecule has 1 N–H and O–H groups in total. The molecule has 1 aliphatic heterocycles. The van der Waals surface area contributed by atoms with Gasteiger partial charge in [0.25, 0.3) is 5.91 Å². The molecule has 0 spiro atoms. The molecule has 1 aliphatic rings. The zero-order valence-electron chi connectivity index (χ0n) is 16.0. The maximum absolute atomic E-state index is 13.9. The molecule has 156 valence electrons. The van der Waals surface area contributed by atoms with Gasteiger partial charge in [-0.05, 0) is 49.2 Å². The minimum atomic E-state index is -3.46. The fraction of sp³-hybridized carbons (Fsp3) is 0.238. The number of aromatic nitrogens is 2. The highest BCUT2D eigenvalue weighted by atomic mass is 32.2. The molecule has 1 saturated heterocycles. The number of sulfone groups is 1. The van der Waals surface area contributed by atoms with Crippen molar-refractivity contribution < 1.29 is 22.3 Å². The van der Waals surface area contributed by atoms with Gasteiger partial charge in [-0.1, -0.05) is 12.1 Å². The standard InChI is InChI=1S/C21H20FN3O4S/c22-19-5-1-2-6-20(19)25-13-15(12-23-25)21(26)24-16-7-9-18(10-8-16)30(27,28)14-17-4-3-11-29-17/h1-2,5-10,12-13,17H,3-4,11,14H2,(H,24,26). The van der Waals surface area contributed by atoms with E-state index >= 15 is 0 Å². The molecule has 9 heteroatoms. The van der Waals surface area contributed by atoms with E-state index < -0.39 is 21.6 Å². The van der Waals surface area contributed by atoms with Crippen molar-refractivity contribution in [1.29, 1.82) is 0 Å². The number of hydrogen-bond donors (Lipinski definition) is 1. The smallest absolute Gasteiger partial charge is 0.258 e. The van der Waals surface area contributed by atoms with Gasteiger partial charge in [0.1, 0.15) is 11.5 Å². The van der Waals surface area contributed by atoms with Crippen LogP contribution in [0.5, 0.6) is 0 Å². The van der Waals surface area contributed by atoms with Crippen LogP contribution >= 0.6 is 0 Å². The van der Waals surface area contributed by atoms with Crippen LogP contribution in [0.15, 0.2) is 65.8 Å². The maximum Gasteiger partial charge on any atom is 0.258 e. The molecule has 0 aliphatic carbocycles. The van der Waals surface area contributed by atoms with E-state index in [9.17, 15) is 17.6 Å². The predicted octanol–water partition coefficient (Wildman–Crippen LogP) is 3.22. The lowest BCUT2D eigenvalue weighted by Gasteiger charge is -2.11. The zero-order valence-corrected chi connectivity index (χ0v) is 16.8. The Morgan fingerprint density at radius 1 is 1.20 bits per heavy atom. The van der Waals surface area contributed by atoms with Gasteiger partial charge in [0, 0.05) is 18.5 Å². The topological polar surface area (TPSA) is 90.3 Å². The summed E-state index contributed by atoms with van der Waals surface area (Å²) >= 11 is 0. The molecule has 0 saturated carbocycles. The zero-order chi connectivity index (χ0) is 21.1. The number of anilines is 1. The largest absolute Gasteiger partial charge is 0.377 e. The molecule has 1 aromatic heterocycles. The van der Waals surface area contributed by atoms with Crippen molar-refractivity contribution in [2.45, 2.75) is 23.8 Å². The maximum atomic E-state index is 13.9. The third-order valence-electron chi connectivity index (χ3n) is 4.84. The van der Waals surface area contributed by atoms with E-state index in [4.69, 9.17) is 4.74 Å². The second-order valence-electron chi connectivity index (χ2n) is 7.02. The second-order valence-corrected chi connectivity index (χ2v) is 9.05. The van der Waals surface area contributed by atoms with Crippen LogP contribution in [0.4, 0.5) is 10.1 Å². The average molecular weight is 429 g/mol. The van der Waals surface area contributed by atoms with Crippen LogP contribution in [0.3, 0.4) is 0 Å². The first kappa shape index (κ1) is 20.2. The Morgan fingerprint density at radius 2 is 1.97 bits per heavy atom. The molecule has 7 nitrogen and oxygen atoms in total. The first-order valence-electron chi connectivity index (χ1n) is 9.48. The van der Waals surface area contributed by atoms with Gasteiger partial charge in [0.2, 0.25) is 0 Å². The fourth-order valence-electron chi connectivity index (χ4n) is 3.27. The molecule has 30 heavy (non-hydrogen) atoms. The van der Waals surface area contributed by atoms with Gasteiger partial charge in [-0.3, -0.25) is 4.79 Å². The van der Waals surface area contributed by atoms with E-state index in [0.717, 1.165) is 12.8 Å². The number of nitrogens with zero attached hydrogens (tertiary/aromatic N) is 2. The van der Waals surface area contributed by atoms with Crippen molar-refractivity contribution in [2.75, 3.05) is 17.7 Å². The Kier molecular flexibility index (Phi) is 5.65. The molecule has 0 bridgehead atoms. The Hall–Kier alpha value is -3.04. The minimum Gasteiger partial charge on any atom is -0.377 e. The average Bonchev–Trinajstić information content (AvgIpc) is 3.41. The summed E-state index contributed by atoms with van der Waals surface area (Å²) in [5, 5.41) is 6.71. The van der Waals surface area contributed by atoms with Crippen LogP contribution in [0.25, 0.3) is 5.69 Å². The third kappa shape index (κ3) is 4.42. The lowest BCUT2D eigenvalue weighted by atomic mass is 10.3. The molecule has 0 radical (unpaired) electrons. The molecule has 1 fully saturated rings. The van der Waals surface area contributed by atoms with Crippen molar-refractivity contribution in [2.24, 2.45) is 0 Å². The summed E-state index contributed by atoms with van der Waals surface area (Å²) in [4.78, 5) is 12.6. The Bertz CT molecular complexity index is 1150. The van der Waals surface area contributed by atoms with Crippen molar-refractivity contribution in [3.63, 3.8) is 0 Å². The number of nitrogens with one attached hydrogen (secondary N) is 1. The van der Waals surface area contributed by atoms with Crippen molar-refractivity contribution in [1.82, 2.24) is 9.78 Å². The molecule has 1 atom stereocenters. The normalized spacial score (nSPS) is 16.5. The van der Waals surface area contributed by atoms with Crippen LogP contribution < -0.4 is 5.32 Å². The Labute approximate surface area is 173 Å². The van der Waals surface area contributed by atoms with Gasteiger partial charge in [-0.2, -0.15) is 5.10 Å². The SMILES string of the molecule is O=C(Nc1ccc(S(=O)(=O)CC2CCCO2)cc1)c1cnn(-c2ccccc2F)c1. The molecule has 2 aromatic carbocycles. The lowest BCUT2D eigenvalue weighted by molar-refractivity contribution is 0.102. The molecule has 1 amide bonds. The van der Waals surface area contributed by atoms with Gasteiger partial charge in [-0.15, -0.1) is 0 Å². The number of carbonyl (C=O) groups is 1. The monoisotopic (exact) mass is 429 g/mol. The molecular weight excluding hydrogens is 409 g/mol. The summed E-state index contributed by atoms with van der Waals surface area (Å²) in [5.41, 5.74) is 0.917. The number of amides is 1. The molecule has 3 aromatic rings.